The predicted molar refractivity (Wildman–Crippen MR) is 63.9 cm³/mol. The first-order valence-electron chi connectivity index (χ1n) is 5.10. The molecule has 0 saturated carbocycles. The van der Waals surface area contributed by atoms with Crippen LogP contribution in [0.1, 0.15) is 16.9 Å². The van der Waals surface area contributed by atoms with Crippen molar-refractivity contribution in [1.29, 1.82) is 0 Å². The summed E-state index contributed by atoms with van der Waals surface area (Å²) in [4.78, 5) is 1.21. The van der Waals surface area contributed by atoms with Gasteiger partial charge < -0.3 is 5.73 Å². The van der Waals surface area contributed by atoms with Gasteiger partial charge in [0.1, 0.15) is 5.82 Å². The normalized spacial score (nSPS) is 11.1. The summed E-state index contributed by atoms with van der Waals surface area (Å²) in [6, 6.07) is 5.29. The van der Waals surface area contributed by atoms with E-state index in [4.69, 9.17) is 5.73 Å². The molecule has 1 aromatic heterocycles. The van der Waals surface area contributed by atoms with E-state index in [1.54, 1.807) is 6.07 Å². The molecule has 0 aliphatic rings. The van der Waals surface area contributed by atoms with Gasteiger partial charge in [-0.3, -0.25) is 0 Å². The van der Waals surface area contributed by atoms with Crippen LogP contribution in [0.25, 0.3) is 10.1 Å². The molecule has 0 aliphatic carbocycles. The fourth-order valence-electron chi connectivity index (χ4n) is 1.84. The van der Waals surface area contributed by atoms with Gasteiger partial charge in [-0.05, 0) is 43.3 Å². The fourth-order valence-corrected chi connectivity index (χ4v) is 2.95. The Morgan fingerprint density at radius 2 is 2.20 bits per heavy atom. The quantitative estimate of drug-likeness (QED) is 0.849. The van der Waals surface area contributed by atoms with Crippen molar-refractivity contribution < 1.29 is 4.39 Å². The summed E-state index contributed by atoms with van der Waals surface area (Å²) >= 11 is 1.54. The lowest BCUT2D eigenvalue weighted by Gasteiger charge is -1.99. The fraction of sp³-hybridized carbons (Fsp3) is 0.333. The molecule has 0 amide bonds. The zero-order chi connectivity index (χ0) is 10.8. The largest absolute Gasteiger partial charge is 0.330 e. The van der Waals surface area contributed by atoms with Crippen LogP contribution in [0.2, 0.25) is 0 Å². The number of hydrogen-bond donors (Lipinski definition) is 1. The maximum atomic E-state index is 13.5. The Morgan fingerprint density at radius 3 is 2.93 bits per heavy atom. The Bertz CT molecular complexity index is 476. The van der Waals surface area contributed by atoms with Crippen LogP contribution in [0, 0.1) is 12.7 Å². The van der Waals surface area contributed by atoms with Gasteiger partial charge >= 0.3 is 0 Å². The zero-order valence-corrected chi connectivity index (χ0v) is 9.53. The highest BCUT2D eigenvalue weighted by atomic mass is 32.1. The molecular weight excluding hydrogens is 209 g/mol. The summed E-state index contributed by atoms with van der Waals surface area (Å²) in [6.45, 7) is 2.74. The molecule has 0 spiro atoms. The van der Waals surface area contributed by atoms with Crippen LogP contribution in [-0.4, -0.2) is 6.54 Å². The highest BCUT2D eigenvalue weighted by Crippen LogP contribution is 2.33. The number of nitrogens with two attached hydrogens (primary N) is 1. The van der Waals surface area contributed by atoms with Gasteiger partial charge in [0, 0.05) is 4.88 Å². The van der Waals surface area contributed by atoms with Gasteiger partial charge in [-0.2, -0.15) is 0 Å². The van der Waals surface area contributed by atoms with Gasteiger partial charge in [-0.15, -0.1) is 11.3 Å². The van der Waals surface area contributed by atoms with Crippen LogP contribution in [0.15, 0.2) is 18.2 Å². The minimum Gasteiger partial charge on any atom is -0.330 e. The Kier molecular flexibility index (Phi) is 3.03. The number of thiophene rings is 1. The Hall–Kier alpha value is -0.930. The van der Waals surface area contributed by atoms with Crippen LogP contribution in [0.3, 0.4) is 0 Å². The molecule has 0 unspecified atom stereocenters. The maximum absolute atomic E-state index is 13.5. The first-order valence-corrected chi connectivity index (χ1v) is 5.92. The number of rotatable bonds is 3. The average Bonchev–Trinajstić information content (AvgIpc) is 2.54. The predicted octanol–water partition coefficient (Wildman–Crippen LogP) is 3.24. The molecule has 2 N–H and O–H groups in total. The lowest BCUT2D eigenvalue weighted by Crippen LogP contribution is -2.00. The summed E-state index contributed by atoms with van der Waals surface area (Å²) in [5, 5.41) is 1.06. The minimum absolute atomic E-state index is 0.111. The van der Waals surface area contributed by atoms with Gasteiger partial charge in [0.25, 0.3) is 0 Å². The van der Waals surface area contributed by atoms with Crippen molar-refractivity contribution in [2.45, 2.75) is 19.8 Å². The van der Waals surface area contributed by atoms with E-state index in [0.717, 1.165) is 22.9 Å². The Morgan fingerprint density at radius 1 is 1.40 bits per heavy atom. The molecule has 0 saturated heterocycles. The van der Waals surface area contributed by atoms with Crippen molar-refractivity contribution in [3.63, 3.8) is 0 Å². The standard InChI is InChI=1S/C12H14FNS/c1-8-9(5-3-7-14)10-4-2-6-11(13)12(10)15-8/h2,4,6H,3,5,7,14H2,1H3. The van der Waals surface area contributed by atoms with Crippen LogP contribution in [-0.2, 0) is 6.42 Å². The van der Waals surface area contributed by atoms with Crippen molar-refractivity contribution in [1.82, 2.24) is 0 Å². The molecule has 1 heterocycles. The van der Waals surface area contributed by atoms with Crippen molar-refractivity contribution in [2.75, 3.05) is 6.54 Å². The van der Waals surface area contributed by atoms with Gasteiger partial charge in [-0.25, -0.2) is 4.39 Å². The van der Waals surface area contributed by atoms with E-state index >= 15 is 0 Å². The topological polar surface area (TPSA) is 26.0 Å². The average molecular weight is 223 g/mol. The molecule has 2 aromatic rings. The monoisotopic (exact) mass is 223 g/mol. The number of hydrogen-bond acceptors (Lipinski definition) is 2. The van der Waals surface area contributed by atoms with E-state index in [2.05, 4.69) is 6.92 Å². The number of fused-ring (bicyclic) bond motifs is 1. The molecule has 1 nitrogen and oxygen atoms in total. The van der Waals surface area contributed by atoms with E-state index in [9.17, 15) is 4.39 Å². The van der Waals surface area contributed by atoms with Crippen molar-refractivity contribution >= 4 is 21.4 Å². The van der Waals surface area contributed by atoms with Gasteiger partial charge in [0.2, 0.25) is 0 Å². The van der Waals surface area contributed by atoms with E-state index in [1.807, 2.05) is 6.07 Å². The highest BCUT2D eigenvalue weighted by molar-refractivity contribution is 7.19. The van der Waals surface area contributed by atoms with E-state index < -0.39 is 0 Å². The summed E-state index contributed by atoms with van der Waals surface area (Å²) in [7, 11) is 0. The number of halogens is 1. The molecule has 2 rings (SSSR count). The first kappa shape index (κ1) is 10.6. The van der Waals surface area contributed by atoms with Gasteiger partial charge in [0.05, 0.1) is 4.70 Å². The third-order valence-corrected chi connectivity index (χ3v) is 3.77. The van der Waals surface area contributed by atoms with Gasteiger partial charge in [-0.1, -0.05) is 12.1 Å². The van der Waals surface area contributed by atoms with E-state index in [-0.39, 0.29) is 5.82 Å². The summed E-state index contributed by atoms with van der Waals surface area (Å²) in [5.41, 5.74) is 6.76. The van der Waals surface area contributed by atoms with Crippen LogP contribution in [0.5, 0.6) is 0 Å². The van der Waals surface area contributed by atoms with Crippen molar-refractivity contribution in [3.8, 4) is 0 Å². The van der Waals surface area contributed by atoms with Crippen molar-refractivity contribution in [2.24, 2.45) is 5.73 Å². The summed E-state index contributed by atoms with van der Waals surface area (Å²) in [6.07, 6.45) is 1.91. The maximum Gasteiger partial charge on any atom is 0.141 e. The first-order chi connectivity index (χ1) is 7.24. The second-order valence-electron chi connectivity index (χ2n) is 3.65. The van der Waals surface area contributed by atoms with E-state index in [1.165, 1.54) is 27.8 Å². The molecular formula is C12H14FNS. The van der Waals surface area contributed by atoms with Gasteiger partial charge in [0.15, 0.2) is 0 Å². The second kappa shape index (κ2) is 4.29. The van der Waals surface area contributed by atoms with Crippen molar-refractivity contribution in [3.05, 3.63) is 34.5 Å². The zero-order valence-electron chi connectivity index (χ0n) is 8.72. The minimum atomic E-state index is -0.111. The third-order valence-electron chi connectivity index (χ3n) is 2.60. The lowest BCUT2D eigenvalue weighted by molar-refractivity contribution is 0.641. The second-order valence-corrected chi connectivity index (χ2v) is 4.87. The molecule has 0 radical (unpaired) electrons. The summed E-state index contributed by atoms with van der Waals surface area (Å²) < 4.78 is 14.3. The SMILES string of the molecule is Cc1sc2c(F)cccc2c1CCCN. The molecule has 0 atom stereocenters. The molecule has 1 aromatic carbocycles. The molecule has 0 fully saturated rings. The smallest absolute Gasteiger partial charge is 0.141 e. The Labute approximate surface area is 92.7 Å². The van der Waals surface area contributed by atoms with Crippen LogP contribution < -0.4 is 5.73 Å². The third kappa shape index (κ3) is 1.90. The molecule has 3 heteroatoms. The number of aryl methyl sites for hydroxylation is 2. The summed E-state index contributed by atoms with van der Waals surface area (Å²) in [5.74, 6) is -0.111. The van der Waals surface area contributed by atoms with E-state index in [0.29, 0.717) is 6.54 Å². The van der Waals surface area contributed by atoms with Crippen LogP contribution >= 0.6 is 11.3 Å². The molecule has 0 bridgehead atoms. The van der Waals surface area contributed by atoms with Crippen LogP contribution in [0.4, 0.5) is 4.39 Å². The highest BCUT2D eigenvalue weighted by Gasteiger charge is 2.10. The molecule has 15 heavy (non-hydrogen) atoms. The lowest BCUT2D eigenvalue weighted by atomic mass is 10.1. The molecule has 0 aliphatic heterocycles. The number of benzene rings is 1. The Balaban J connectivity index is 2.53. The molecule has 80 valence electrons.